The van der Waals surface area contributed by atoms with Crippen LogP contribution in [0, 0.1) is 0 Å². The lowest BCUT2D eigenvalue weighted by Gasteiger charge is -2.46. The Labute approximate surface area is 135 Å². The van der Waals surface area contributed by atoms with Crippen LogP contribution >= 0.6 is 24.0 Å². The number of thioether (sulfide) groups is 1. The highest BCUT2D eigenvalue weighted by molar-refractivity contribution is 8.23. The van der Waals surface area contributed by atoms with E-state index < -0.39 is 0 Å². The van der Waals surface area contributed by atoms with Crippen LogP contribution in [0.15, 0.2) is 60.7 Å². The summed E-state index contributed by atoms with van der Waals surface area (Å²) in [4.78, 5) is 4.56. The van der Waals surface area contributed by atoms with Crippen LogP contribution in [0.3, 0.4) is 0 Å². The second kappa shape index (κ2) is 6.18. The van der Waals surface area contributed by atoms with Crippen LogP contribution in [0.4, 0.5) is 0 Å². The van der Waals surface area contributed by atoms with Gasteiger partial charge in [0.05, 0.1) is 5.37 Å². The Morgan fingerprint density at radius 3 is 1.95 bits per heavy atom. The molecule has 1 aliphatic rings. The van der Waals surface area contributed by atoms with Gasteiger partial charge in [-0.3, -0.25) is 4.90 Å². The van der Waals surface area contributed by atoms with Crippen molar-refractivity contribution in [2.24, 2.45) is 0 Å². The fraction of sp³-hybridized carbons (Fsp3) is 0.235. The Morgan fingerprint density at radius 2 is 1.38 bits per heavy atom. The summed E-state index contributed by atoms with van der Waals surface area (Å²) in [5.41, 5.74) is 2.56. The largest absolute Gasteiger partial charge is 0.341 e. The predicted molar refractivity (Wildman–Crippen MR) is 94.1 cm³/mol. The number of nitrogens with zero attached hydrogens (tertiary/aromatic N) is 2. The fourth-order valence-corrected chi connectivity index (χ4v) is 4.17. The Bertz CT molecular complexity index is 615. The van der Waals surface area contributed by atoms with Crippen molar-refractivity contribution in [1.82, 2.24) is 9.80 Å². The van der Waals surface area contributed by atoms with Crippen molar-refractivity contribution in [1.29, 1.82) is 0 Å². The van der Waals surface area contributed by atoms with Gasteiger partial charge < -0.3 is 4.90 Å². The number of hydrogen-bond donors (Lipinski definition) is 0. The van der Waals surface area contributed by atoms with Gasteiger partial charge in [0.2, 0.25) is 0 Å². The van der Waals surface area contributed by atoms with Crippen LogP contribution in [0.25, 0.3) is 0 Å². The molecule has 0 aromatic heterocycles. The lowest BCUT2D eigenvalue weighted by molar-refractivity contribution is 0.122. The quantitative estimate of drug-likeness (QED) is 0.763. The summed E-state index contributed by atoms with van der Waals surface area (Å²) in [5, 5.41) is 0.250. The first-order chi connectivity index (χ1) is 10.2. The number of thiocarbonyl (C=S) groups is 1. The molecule has 3 rings (SSSR count). The Hall–Kier alpha value is -1.36. The highest BCUT2D eigenvalue weighted by atomic mass is 32.2. The van der Waals surface area contributed by atoms with E-state index in [0.29, 0.717) is 0 Å². The summed E-state index contributed by atoms with van der Waals surface area (Å²) < 4.78 is 0.941. The zero-order valence-electron chi connectivity index (χ0n) is 12.1. The van der Waals surface area contributed by atoms with Crippen LogP contribution in [-0.4, -0.2) is 28.2 Å². The standard InChI is InChI=1S/C17H18N2S2/c1-18-15(13-9-5-3-6-10-13)19(2)17(20)21-16(18)14-11-7-4-8-12-14/h3-12,15-16H,1-2H3. The van der Waals surface area contributed by atoms with Gasteiger partial charge in [-0.25, -0.2) is 0 Å². The second-order valence-electron chi connectivity index (χ2n) is 5.21. The van der Waals surface area contributed by atoms with Crippen molar-refractivity contribution >= 4 is 28.3 Å². The third kappa shape index (κ3) is 2.84. The van der Waals surface area contributed by atoms with Gasteiger partial charge in [-0.15, -0.1) is 0 Å². The predicted octanol–water partition coefficient (Wildman–Crippen LogP) is 4.28. The van der Waals surface area contributed by atoms with Crippen molar-refractivity contribution in [3.05, 3.63) is 71.8 Å². The lowest BCUT2D eigenvalue weighted by atomic mass is 10.1. The molecule has 1 fully saturated rings. The van der Waals surface area contributed by atoms with Crippen molar-refractivity contribution in [2.45, 2.75) is 11.5 Å². The molecule has 0 bridgehead atoms. The van der Waals surface area contributed by atoms with Gasteiger partial charge in [0, 0.05) is 7.05 Å². The SMILES string of the molecule is CN1C(=S)SC(c2ccccc2)N(C)C1c1ccccc1. The van der Waals surface area contributed by atoms with E-state index in [9.17, 15) is 0 Å². The lowest BCUT2D eigenvalue weighted by Crippen LogP contribution is -2.45. The van der Waals surface area contributed by atoms with E-state index in [1.165, 1.54) is 11.1 Å². The minimum Gasteiger partial charge on any atom is -0.341 e. The maximum atomic E-state index is 5.60. The zero-order valence-corrected chi connectivity index (χ0v) is 13.8. The molecule has 21 heavy (non-hydrogen) atoms. The molecule has 0 aliphatic carbocycles. The van der Waals surface area contributed by atoms with E-state index in [4.69, 9.17) is 12.2 Å². The minimum atomic E-state index is 0.171. The summed E-state index contributed by atoms with van der Waals surface area (Å²) >= 11 is 7.34. The summed E-state index contributed by atoms with van der Waals surface area (Å²) in [7, 11) is 4.24. The first-order valence-corrected chi connectivity index (χ1v) is 8.22. The maximum absolute atomic E-state index is 5.60. The molecule has 0 radical (unpaired) electrons. The second-order valence-corrected chi connectivity index (χ2v) is 6.92. The number of hydrogen-bond acceptors (Lipinski definition) is 3. The third-order valence-electron chi connectivity index (χ3n) is 3.81. The average molecular weight is 314 g/mol. The van der Waals surface area contributed by atoms with Crippen LogP contribution in [0.5, 0.6) is 0 Å². The molecule has 2 aromatic carbocycles. The molecule has 1 saturated heterocycles. The molecule has 4 heteroatoms. The molecule has 2 nitrogen and oxygen atoms in total. The molecule has 0 spiro atoms. The normalized spacial score (nSPS) is 23.3. The van der Waals surface area contributed by atoms with Gasteiger partial charge in [0.25, 0.3) is 0 Å². The van der Waals surface area contributed by atoms with E-state index in [2.05, 4.69) is 78.5 Å². The minimum absolute atomic E-state index is 0.171. The summed E-state index contributed by atoms with van der Waals surface area (Å²) in [6.07, 6.45) is 0.171. The highest BCUT2D eigenvalue weighted by Gasteiger charge is 2.36. The van der Waals surface area contributed by atoms with Crippen molar-refractivity contribution in [3.8, 4) is 0 Å². The average Bonchev–Trinajstić information content (AvgIpc) is 2.53. The van der Waals surface area contributed by atoms with Gasteiger partial charge >= 0.3 is 0 Å². The van der Waals surface area contributed by atoms with E-state index in [-0.39, 0.29) is 11.5 Å². The van der Waals surface area contributed by atoms with Crippen LogP contribution in [0.1, 0.15) is 22.7 Å². The molecule has 2 atom stereocenters. The van der Waals surface area contributed by atoms with Crippen molar-refractivity contribution in [3.63, 3.8) is 0 Å². The monoisotopic (exact) mass is 314 g/mol. The van der Waals surface area contributed by atoms with E-state index in [1.807, 2.05) is 6.07 Å². The highest BCUT2D eigenvalue weighted by Crippen LogP contribution is 2.44. The molecule has 0 amide bonds. The molecule has 2 aromatic rings. The molecule has 108 valence electrons. The summed E-state index contributed by atoms with van der Waals surface area (Å²) in [5.74, 6) is 0. The first kappa shape index (κ1) is 14.6. The molecular formula is C17H18N2S2. The van der Waals surface area contributed by atoms with Gasteiger partial charge in [0.15, 0.2) is 0 Å². The molecule has 2 unspecified atom stereocenters. The van der Waals surface area contributed by atoms with Gasteiger partial charge in [0.1, 0.15) is 10.5 Å². The Balaban J connectivity index is 1.98. The molecule has 0 N–H and O–H groups in total. The van der Waals surface area contributed by atoms with Crippen LogP contribution < -0.4 is 0 Å². The van der Waals surface area contributed by atoms with Gasteiger partial charge in [-0.1, -0.05) is 84.6 Å². The maximum Gasteiger partial charge on any atom is 0.139 e. The summed E-state index contributed by atoms with van der Waals surface area (Å²) in [6, 6.07) is 21.1. The fourth-order valence-electron chi connectivity index (χ4n) is 2.77. The van der Waals surface area contributed by atoms with Crippen molar-refractivity contribution < 1.29 is 0 Å². The summed E-state index contributed by atoms with van der Waals surface area (Å²) in [6.45, 7) is 0. The van der Waals surface area contributed by atoms with E-state index in [0.717, 1.165) is 4.32 Å². The third-order valence-corrected chi connectivity index (χ3v) is 5.70. The number of rotatable bonds is 2. The number of benzene rings is 2. The topological polar surface area (TPSA) is 6.48 Å². The first-order valence-electron chi connectivity index (χ1n) is 6.94. The Kier molecular flexibility index (Phi) is 4.29. The van der Waals surface area contributed by atoms with E-state index in [1.54, 1.807) is 11.8 Å². The van der Waals surface area contributed by atoms with Gasteiger partial charge in [-0.05, 0) is 18.2 Å². The smallest absolute Gasteiger partial charge is 0.139 e. The molecular weight excluding hydrogens is 296 g/mol. The van der Waals surface area contributed by atoms with E-state index >= 15 is 0 Å². The molecule has 1 aliphatic heterocycles. The Morgan fingerprint density at radius 1 is 0.857 bits per heavy atom. The molecule has 1 heterocycles. The molecule has 0 saturated carbocycles. The zero-order chi connectivity index (χ0) is 14.8. The van der Waals surface area contributed by atoms with Crippen molar-refractivity contribution in [2.75, 3.05) is 14.1 Å². The van der Waals surface area contributed by atoms with Gasteiger partial charge in [-0.2, -0.15) is 0 Å². The van der Waals surface area contributed by atoms with Crippen LogP contribution in [0.2, 0.25) is 0 Å². The van der Waals surface area contributed by atoms with Crippen LogP contribution in [-0.2, 0) is 0 Å².